The molecule has 2 nitrogen and oxygen atoms in total. The lowest BCUT2D eigenvalue weighted by Gasteiger charge is -2.37. The van der Waals surface area contributed by atoms with Crippen molar-refractivity contribution in [1.29, 1.82) is 0 Å². The monoisotopic (exact) mass is 282 g/mol. The second-order valence-electron chi connectivity index (χ2n) is 5.63. The van der Waals surface area contributed by atoms with E-state index in [1.54, 1.807) is 0 Å². The molecule has 1 aliphatic rings. The van der Waals surface area contributed by atoms with Crippen LogP contribution in [0.25, 0.3) is 0 Å². The fourth-order valence-corrected chi connectivity index (χ4v) is 3.11. The molecule has 0 radical (unpaired) electrons. The second-order valence-corrected chi connectivity index (χ2v) is 5.63. The summed E-state index contributed by atoms with van der Waals surface area (Å²) in [5.41, 5.74) is 2.66. The van der Waals surface area contributed by atoms with E-state index in [1.165, 1.54) is 11.1 Å². The van der Waals surface area contributed by atoms with Gasteiger partial charge in [0.15, 0.2) is 0 Å². The highest BCUT2D eigenvalue weighted by Gasteiger charge is 2.35. The second kappa shape index (κ2) is 6.31. The lowest BCUT2D eigenvalue weighted by molar-refractivity contribution is -0.123. The van der Waals surface area contributed by atoms with E-state index in [9.17, 15) is 0 Å². The highest BCUT2D eigenvalue weighted by Crippen LogP contribution is 2.41. The first-order valence-corrected chi connectivity index (χ1v) is 7.70. The van der Waals surface area contributed by atoms with Crippen molar-refractivity contribution in [2.45, 2.75) is 32.5 Å². The van der Waals surface area contributed by atoms with Crippen molar-refractivity contribution in [2.24, 2.45) is 5.92 Å². The van der Waals surface area contributed by atoms with E-state index < -0.39 is 0 Å². The molecule has 3 rings (SSSR count). The van der Waals surface area contributed by atoms with E-state index in [-0.39, 0.29) is 6.29 Å². The van der Waals surface area contributed by atoms with Crippen LogP contribution < -0.4 is 4.74 Å². The number of rotatable bonds is 4. The lowest BCUT2D eigenvalue weighted by Crippen LogP contribution is -2.37. The maximum atomic E-state index is 6.03. The quantitative estimate of drug-likeness (QED) is 0.827. The minimum Gasteiger partial charge on any atom is -0.464 e. The standard InChI is InChI=1S/C19H22O2/c1-3-20-19-14(2)17(13-15-9-5-4-6-10-15)16-11-7-8-12-18(16)21-19/h4-12,14,17,19H,3,13H2,1-2H3/t14?,17-,19-/m1/s1. The molecule has 21 heavy (non-hydrogen) atoms. The van der Waals surface area contributed by atoms with Gasteiger partial charge in [-0.1, -0.05) is 55.5 Å². The Morgan fingerprint density at radius 2 is 1.71 bits per heavy atom. The number of para-hydroxylation sites is 1. The van der Waals surface area contributed by atoms with Crippen LogP contribution in [0.2, 0.25) is 0 Å². The summed E-state index contributed by atoms with van der Waals surface area (Å²) in [7, 11) is 0. The molecule has 0 bridgehead atoms. The Hall–Kier alpha value is -1.80. The maximum Gasteiger partial charge on any atom is 0.202 e. The van der Waals surface area contributed by atoms with E-state index in [4.69, 9.17) is 9.47 Å². The number of fused-ring (bicyclic) bond motifs is 1. The topological polar surface area (TPSA) is 18.5 Å². The fraction of sp³-hybridized carbons (Fsp3) is 0.368. The third-order valence-corrected chi connectivity index (χ3v) is 4.25. The van der Waals surface area contributed by atoms with Crippen molar-refractivity contribution < 1.29 is 9.47 Å². The Labute approximate surface area is 126 Å². The molecule has 1 aliphatic heterocycles. The van der Waals surface area contributed by atoms with E-state index in [2.05, 4.69) is 49.4 Å². The minimum absolute atomic E-state index is 0.154. The molecule has 1 unspecified atom stereocenters. The van der Waals surface area contributed by atoms with Crippen LogP contribution in [0.1, 0.15) is 30.9 Å². The van der Waals surface area contributed by atoms with Crippen LogP contribution >= 0.6 is 0 Å². The molecule has 3 atom stereocenters. The summed E-state index contributed by atoms with van der Waals surface area (Å²) in [5.74, 6) is 1.73. The minimum atomic E-state index is -0.154. The van der Waals surface area contributed by atoms with Crippen molar-refractivity contribution in [3.05, 3.63) is 65.7 Å². The van der Waals surface area contributed by atoms with Crippen LogP contribution in [0.4, 0.5) is 0 Å². The zero-order chi connectivity index (χ0) is 14.7. The van der Waals surface area contributed by atoms with Gasteiger partial charge in [-0.15, -0.1) is 0 Å². The normalized spacial score (nSPS) is 24.2. The number of hydrogen-bond acceptors (Lipinski definition) is 2. The van der Waals surface area contributed by atoms with Crippen LogP contribution in [0.15, 0.2) is 54.6 Å². The Bertz CT molecular complexity index is 579. The van der Waals surface area contributed by atoms with Gasteiger partial charge in [-0.05, 0) is 30.5 Å². The van der Waals surface area contributed by atoms with E-state index >= 15 is 0 Å². The molecular formula is C19H22O2. The van der Waals surface area contributed by atoms with Gasteiger partial charge >= 0.3 is 0 Å². The Morgan fingerprint density at radius 3 is 2.48 bits per heavy atom. The van der Waals surface area contributed by atoms with Crippen molar-refractivity contribution >= 4 is 0 Å². The molecule has 0 amide bonds. The molecular weight excluding hydrogens is 260 g/mol. The summed E-state index contributed by atoms with van der Waals surface area (Å²) in [6.45, 7) is 4.92. The predicted molar refractivity (Wildman–Crippen MR) is 84.5 cm³/mol. The number of hydrogen-bond donors (Lipinski definition) is 0. The summed E-state index contributed by atoms with van der Waals surface area (Å²) in [5, 5.41) is 0. The average Bonchev–Trinajstić information content (AvgIpc) is 2.52. The van der Waals surface area contributed by atoms with Gasteiger partial charge in [0.2, 0.25) is 6.29 Å². The third-order valence-electron chi connectivity index (χ3n) is 4.25. The molecule has 110 valence electrons. The maximum absolute atomic E-state index is 6.03. The van der Waals surface area contributed by atoms with Gasteiger partial charge in [-0.3, -0.25) is 0 Å². The van der Waals surface area contributed by atoms with Gasteiger partial charge in [0.05, 0.1) is 0 Å². The van der Waals surface area contributed by atoms with Gasteiger partial charge in [-0.2, -0.15) is 0 Å². The largest absolute Gasteiger partial charge is 0.464 e. The Kier molecular flexibility index (Phi) is 4.26. The van der Waals surface area contributed by atoms with E-state index in [0.717, 1.165) is 12.2 Å². The summed E-state index contributed by atoms with van der Waals surface area (Å²) in [6.07, 6.45) is 0.866. The first kappa shape index (κ1) is 14.2. The van der Waals surface area contributed by atoms with E-state index in [0.29, 0.717) is 18.4 Å². The SMILES string of the molecule is CCO[C@@H]1Oc2ccccc2[C@H](Cc2ccccc2)C1C. The molecule has 2 aromatic rings. The molecule has 0 saturated carbocycles. The number of ether oxygens (including phenoxy) is 2. The predicted octanol–water partition coefficient (Wildman–Crippen LogP) is 4.40. The van der Waals surface area contributed by atoms with Gasteiger partial charge in [0.1, 0.15) is 5.75 Å². The van der Waals surface area contributed by atoms with E-state index in [1.807, 2.05) is 19.1 Å². The molecule has 2 heteroatoms. The highest BCUT2D eigenvalue weighted by molar-refractivity contribution is 5.39. The van der Waals surface area contributed by atoms with Crippen molar-refractivity contribution in [2.75, 3.05) is 6.61 Å². The molecule has 1 heterocycles. The van der Waals surface area contributed by atoms with Crippen LogP contribution in [-0.4, -0.2) is 12.9 Å². The zero-order valence-corrected chi connectivity index (χ0v) is 12.7. The van der Waals surface area contributed by atoms with Crippen LogP contribution in [0, 0.1) is 5.92 Å². The first-order chi connectivity index (χ1) is 10.3. The van der Waals surface area contributed by atoms with Crippen LogP contribution in [0.3, 0.4) is 0 Å². The van der Waals surface area contributed by atoms with Gasteiger partial charge in [0.25, 0.3) is 0 Å². The lowest BCUT2D eigenvalue weighted by atomic mass is 9.80. The number of benzene rings is 2. The van der Waals surface area contributed by atoms with Gasteiger partial charge in [0, 0.05) is 18.4 Å². The smallest absolute Gasteiger partial charge is 0.202 e. The zero-order valence-electron chi connectivity index (χ0n) is 12.7. The van der Waals surface area contributed by atoms with Crippen molar-refractivity contribution in [1.82, 2.24) is 0 Å². The third kappa shape index (κ3) is 2.96. The molecule has 0 fully saturated rings. The molecule has 0 saturated heterocycles. The van der Waals surface area contributed by atoms with Gasteiger partial charge in [-0.25, -0.2) is 0 Å². The summed E-state index contributed by atoms with van der Waals surface area (Å²) in [4.78, 5) is 0. The van der Waals surface area contributed by atoms with Crippen molar-refractivity contribution in [3.8, 4) is 5.75 Å². The summed E-state index contributed by atoms with van der Waals surface area (Å²) < 4.78 is 11.8. The van der Waals surface area contributed by atoms with Crippen LogP contribution in [-0.2, 0) is 11.2 Å². The van der Waals surface area contributed by atoms with Crippen LogP contribution in [0.5, 0.6) is 5.75 Å². The molecule has 0 spiro atoms. The highest BCUT2D eigenvalue weighted by atomic mass is 16.7. The van der Waals surface area contributed by atoms with Crippen molar-refractivity contribution in [3.63, 3.8) is 0 Å². The molecule has 0 aromatic heterocycles. The Morgan fingerprint density at radius 1 is 1.00 bits per heavy atom. The average molecular weight is 282 g/mol. The summed E-state index contributed by atoms with van der Waals surface area (Å²) >= 11 is 0. The fourth-order valence-electron chi connectivity index (χ4n) is 3.11. The summed E-state index contributed by atoms with van der Waals surface area (Å²) in [6, 6.07) is 19.0. The molecule has 0 aliphatic carbocycles. The Balaban J connectivity index is 1.92. The van der Waals surface area contributed by atoms with Gasteiger partial charge < -0.3 is 9.47 Å². The molecule has 0 N–H and O–H groups in total. The first-order valence-electron chi connectivity index (χ1n) is 7.70. The molecule has 2 aromatic carbocycles.